The fraction of sp³-hybridized carbons (Fsp3) is 0.438. The van der Waals surface area contributed by atoms with E-state index >= 15 is 0 Å². The molecule has 0 atom stereocenters. The van der Waals surface area contributed by atoms with E-state index in [9.17, 15) is 0 Å². The van der Waals surface area contributed by atoms with Crippen LogP contribution in [-0.2, 0) is 18.6 Å². The van der Waals surface area contributed by atoms with Gasteiger partial charge in [-0.3, -0.25) is 0 Å². The van der Waals surface area contributed by atoms with Gasteiger partial charge in [0.1, 0.15) is 0 Å². The van der Waals surface area contributed by atoms with E-state index in [1.165, 1.54) is 16.7 Å². The third kappa shape index (κ3) is 5.06. The van der Waals surface area contributed by atoms with Crippen molar-refractivity contribution in [2.75, 3.05) is 5.73 Å². The van der Waals surface area contributed by atoms with Crippen LogP contribution >= 0.6 is 0 Å². The first-order chi connectivity index (χ1) is 18.1. The average Bonchev–Trinajstić information content (AvgIpc) is 3.22. The molecule has 204 valence electrons. The molecule has 5 rings (SSSR count). The standard InChI is InChI=1S/C32H41B2NO4/c1-21-20-24(14-19-27(21)35)28(22-10-15-25(16-11-22)33-36-29(2,3)30(4,5)37-33)23-12-17-26(18-13-23)34-38-31(6,7)32(8,9)39-34/h10-20,28H,35H2,1-9H3. The summed E-state index contributed by atoms with van der Waals surface area (Å²) in [6.07, 6.45) is 0. The van der Waals surface area contributed by atoms with Crippen molar-refractivity contribution in [1.82, 2.24) is 0 Å². The zero-order valence-electron chi connectivity index (χ0n) is 24.8. The summed E-state index contributed by atoms with van der Waals surface area (Å²) >= 11 is 0. The number of benzene rings is 3. The van der Waals surface area contributed by atoms with E-state index in [4.69, 9.17) is 24.4 Å². The molecule has 2 saturated heterocycles. The van der Waals surface area contributed by atoms with Gasteiger partial charge < -0.3 is 24.4 Å². The van der Waals surface area contributed by atoms with Gasteiger partial charge in [-0.05, 0) is 102 Å². The van der Waals surface area contributed by atoms with Gasteiger partial charge in [0.25, 0.3) is 0 Å². The molecule has 0 spiro atoms. The number of rotatable bonds is 5. The maximum atomic E-state index is 6.28. The first kappa shape index (κ1) is 28.0. The quantitative estimate of drug-likeness (QED) is 0.276. The van der Waals surface area contributed by atoms with Crippen molar-refractivity contribution in [2.24, 2.45) is 0 Å². The first-order valence-corrected chi connectivity index (χ1v) is 13.9. The maximum Gasteiger partial charge on any atom is 0.494 e. The highest BCUT2D eigenvalue weighted by Crippen LogP contribution is 2.38. The zero-order chi connectivity index (χ0) is 28.4. The van der Waals surface area contributed by atoms with E-state index in [0.29, 0.717) is 0 Å². The van der Waals surface area contributed by atoms with Crippen molar-refractivity contribution in [1.29, 1.82) is 0 Å². The van der Waals surface area contributed by atoms with Crippen LogP contribution in [0.25, 0.3) is 0 Å². The number of anilines is 1. The van der Waals surface area contributed by atoms with Crippen LogP contribution in [0.15, 0.2) is 66.7 Å². The Labute approximate surface area is 234 Å². The Morgan fingerprint density at radius 3 is 1.21 bits per heavy atom. The molecule has 0 unspecified atom stereocenters. The Kier molecular flexibility index (Phi) is 6.83. The van der Waals surface area contributed by atoms with Gasteiger partial charge in [-0.1, -0.05) is 60.7 Å². The molecule has 3 aromatic rings. The molecule has 2 aliphatic heterocycles. The molecule has 0 aromatic heterocycles. The van der Waals surface area contributed by atoms with Crippen LogP contribution in [0.3, 0.4) is 0 Å². The van der Waals surface area contributed by atoms with Crippen LogP contribution in [0.4, 0.5) is 5.69 Å². The molecular formula is C32H41B2NO4. The third-order valence-corrected chi connectivity index (χ3v) is 9.22. The molecule has 2 heterocycles. The molecule has 3 aromatic carbocycles. The number of nitrogen functional groups attached to an aromatic ring is 1. The molecule has 2 N–H and O–H groups in total. The summed E-state index contributed by atoms with van der Waals surface area (Å²) in [7, 11) is -0.777. The fourth-order valence-electron chi connectivity index (χ4n) is 5.11. The minimum absolute atomic E-state index is 0.0315. The van der Waals surface area contributed by atoms with Gasteiger partial charge in [0.05, 0.1) is 22.4 Å². The molecule has 39 heavy (non-hydrogen) atoms. The highest BCUT2D eigenvalue weighted by atomic mass is 16.7. The van der Waals surface area contributed by atoms with Crippen LogP contribution in [0, 0.1) is 6.92 Å². The van der Waals surface area contributed by atoms with Crippen molar-refractivity contribution in [2.45, 2.75) is 90.6 Å². The van der Waals surface area contributed by atoms with E-state index in [1.54, 1.807) is 0 Å². The lowest BCUT2D eigenvalue weighted by Crippen LogP contribution is -2.41. The summed E-state index contributed by atoms with van der Waals surface area (Å²) in [5, 5.41) is 0. The minimum Gasteiger partial charge on any atom is -0.399 e. The predicted octanol–water partition coefficient (Wildman–Crippen LogP) is 5.36. The summed E-state index contributed by atoms with van der Waals surface area (Å²) < 4.78 is 25.1. The highest BCUT2D eigenvalue weighted by molar-refractivity contribution is 6.62. The SMILES string of the molecule is Cc1cc(C(c2ccc(B3OC(C)(C)C(C)(C)O3)cc2)c2ccc(B3OC(C)(C)C(C)(C)O3)cc2)ccc1N. The van der Waals surface area contributed by atoms with Gasteiger partial charge in [-0.25, -0.2) is 0 Å². The van der Waals surface area contributed by atoms with Gasteiger partial charge >= 0.3 is 14.2 Å². The maximum absolute atomic E-state index is 6.28. The smallest absolute Gasteiger partial charge is 0.399 e. The monoisotopic (exact) mass is 525 g/mol. The molecule has 2 aliphatic rings. The van der Waals surface area contributed by atoms with Gasteiger partial charge in [-0.15, -0.1) is 0 Å². The van der Waals surface area contributed by atoms with Gasteiger partial charge in [-0.2, -0.15) is 0 Å². The van der Waals surface area contributed by atoms with Crippen LogP contribution in [-0.4, -0.2) is 36.6 Å². The highest BCUT2D eigenvalue weighted by Gasteiger charge is 2.52. The molecule has 2 fully saturated rings. The molecule has 0 aliphatic carbocycles. The van der Waals surface area contributed by atoms with Crippen LogP contribution in [0.5, 0.6) is 0 Å². The predicted molar refractivity (Wildman–Crippen MR) is 161 cm³/mol. The van der Waals surface area contributed by atoms with E-state index in [2.05, 4.69) is 123 Å². The molecule has 5 nitrogen and oxygen atoms in total. The first-order valence-electron chi connectivity index (χ1n) is 13.9. The lowest BCUT2D eigenvalue weighted by atomic mass is 9.75. The Bertz CT molecular complexity index is 1240. The summed E-state index contributed by atoms with van der Waals surface area (Å²) in [6.45, 7) is 18.7. The molecule has 7 heteroatoms. The van der Waals surface area contributed by atoms with Crippen molar-refractivity contribution in [3.63, 3.8) is 0 Å². The Balaban J connectivity index is 1.47. The molecule has 0 saturated carbocycles. The minimum atomic E-state index is -0.388. The van der Waals surface area contributed by atoms with Crippen molar-refractivity contribution in [3.05, 3.63) is 89.0 Å². The number of nitrogens with two attached hydrogens (primary N) is 1. The van der Waals surface area contributed by atoms with Gasteiger partial charge in [0, 0.05) is 11.6 Å². The average molecular weight is 525 g/mol. The lowest BCUT2D eigenvalue weighted by Gasteiger charge is -2.32. The molecule has 0 amide bonds. The summed E-state index contributed by atoms with van der Waals surface area (Å²) in [5.41, 5.74) is 12.1. The normalized spacial score (nSPS) is 21.1. The number of aryl methyl sites for hydroxylation is 1. The van der Waals surface area contributed by atoms with Crippen LogP contribution in [0.1, 0.15) is 83.6 Å². The molecule has 0 bridgehead atoms. The van der Waals surface area contributed by atoms with E-state index in [0.717, 1.165) is 22.2 Å². The largest absolute Gasteiger partial charge is 0.494 e. The van der Waals surface area contributed by atoms with E-state index < -0.39 is 0 Å². The second-order valence-corrected chi connectivity index (χ2v) is 13.1. The van der Waals surface area contributed by atoms with Crippen molar-refractivity contribution >= 4 is 30.8 Å². The molecular weight excluding hydrogens is 484 g/mol. The second kappa shape index (κ2) is 9.52. The Morgan fingerprint density at radius 2 is 0.872 bits per heavy atom. The Morgan fingerprint density at radius 1 is 0.538 bits per heavy atom. The Hall–Kier alpha value is -2.57. The van der Waals surface area contributed by atoms with E-state index in [-0.39, 0.29) is 42.6 Å². The van der Waals surface area contributed by atoms with Crippen LogP contribution < -0.4 is 16.7 Å². The summed E-state index contributed by atoms with van der Waals surface area (Å²) in [5.74, 6) is 0.0315. The van der Waals surface area contributed by atoms with Gasteiger partial charge in [0.2, 0.25) is 0 Å². The summed E-state index contributed by atoms with van der Waals surface area (Å²) in [6, 6.07) is 23.5. The summed E-state index contributed by atoms with van der Waals surface area (Å²) in [4.78, 5) is 0. The zero-order valence-corrected chi connectivity index (χ0v) is 24.8. The van der Waals surface area contributed by atoms with Crippen molar-refractivity contribution in [3.8, 4) is 0 Å². The number of hydrogen-bond donors (Lipinski definition) is 1. The second-order valence-electron chi connectivity index (χ2n) is 13.1. The molecule has 0 radical (unpaired) electrons. The van der Waals surface area contributed by atoms with Gasteiger partial charge in [0.15, 0.2) is 0 Å². The lowest BCUT2D eigenvalue weighted by molar-refractivity contribution is 0.00578. The fourth-order valence-corrected chi connectivity index (χ4v) is 5.11. The van der Waals surface area contributed by atoms with Crippen molar-refractivity contribution < 1.29 is 18.6 Å². The number of hydrogen-bond acceptors (Lipinski definition) is 5. The topological polar surface area (TPSA) is 62.9 Å². The van der Waals surface area contributed by atoms with Crippen LogP contribution in [0.2, 0.25) is 0 Å². The van der Waals surface area contributed by atoms with E-state index in [1.807, 2.05) is 6.07 Å². The third-order valence-electron chi connectivity index (χ3n) is 9.22.